The second kappa shape index (κ2) is 4.80. The summed E-state index contributed by atoms with van der Waals surface area (Å²) in [6.07, 6.45) is 0. The van der Waals surface area contributed by atoms with Gasteiger partial charge in [-0.25, -0.2) is 15.3 Å². The Hall–Kier alpha value is -1.54. The molecule has 0 radical (unpaired) electrons. The first kappa shape index (κ1) is 11.5. The van der Waals surface area contributed by atoms with Gasteiger partial charge >= 0.3 is 5.97 Å². The van der Waals surface area contributed by atoms with E-state index < -0.39 is 5.97 Å². The molecule has 82 valence electrons. The van der Waals surface area contributed by atoms with Crippen molar-refractivity contribution in [2.45, 2.75) is 6.92 Å². The van der Waals surface area contributed by atoms with Crippen LogP contribution >= 0.6 is 12.2 Å². The van der Waals surface area contributed by atoms with Gasteiger partial charge in [-0.1, -0.05) is 0 Å². The molecule has 0 aliphatic rings. The number of nitrogens with zero attached hydrogens (tertiary/aromatic N) is 3. The lowest BCUT2D eigenvalue weighted by atomic mass is 10.4. The first-order chi connectivity index (χ1) is 7.10. The van der Waals surface area contributed by atoms with Crippen LogP contribution in [0, 0.1) is 4.77 Å². The van der Waals surface area contributed by atoms with Gasteiger partial charge < -0.3 is 10.2 Å². The maximum Gasteiger partial charge on any atom is 0.362 e. The van der Waals surface area contributed by atoms with Gasteiger partial charge in [-0.3, -0.25) is 0 Å². The van der Waals surface area contributed by atoms with Gasteiger partial charge in [0.1, 0.15) is 0 Å². The molecule has 7 nitrogen and oxygen atoms in total. The molecule has 0 spiro atoms. The highest BCUT2D eigenvalue weighted by Gasteiger charge is 2.16. The molecule has 0 unspecified atom stereocenters. The van der Waals surface area contributed by atoms with Gasteiger partial charge in [0.15, 0.2) is 5.82 Å². The molecule has 1 aromatic heterocycles. The average molecular weight is 229 g/mol. The van der Waals surface area contributed by atoms with Crippen molar-refractivity contribution >= 4 is 24.0 Å². The predicted octanol–water partition coefficient (Wildman–Crippen LogP) is 0.00689. The molecule has 8 heteroatoms. The Morgan fingerprint density at radius 2 is 2.40 bits per heavy atom. The molecule has 0 amide bonds. The fourth-order valence-corrected chi connectivity index (χ4v) is 1.03. The number of nitrogens with one attached hydrogen (secondary N) is 1. The maximum atomic E-state index is 11.4. The molecular weight excluding hydrogens is 218 g/mol. The maximum absolute atomic E-state index is 11.4. The van der Waals surface area contributed by atoms with E-state index in [9.17, 15) is 4.79 Å². The van der Waals surface area contributed by atoms with E-state index in [2.05, 4.69) is 15.5 Å². The number of hydrazine groups is 1. The summed E-state index contributed by atoms with van der Waals surface area (Å²) in [7, 11) is 1.58. The molecular formula is C7H11N5O2S. The third kappa shape index (κ3) is 2.48. The Morgan fingerprint density at radius 3 is 2.93 bits per heavy atom. The minimum atomic E-state index is -0.594. The molecule has 15 heavy (non-hydrogen) atoms. The SMILES string of the molecule is CCOC(=O)c1nn(C)c(=S)nc1NN. The van der Waals surface area contributed by atoms with Crippen molar-refractivity contribution in [3.05, 3.63) is 10.5 Å². The van der Waals surface area contributed by atoms with E-state index in [0.29, 0.717) is 0 Å². The summed E-state index contributed by atoms with van der Waals surface area (Å²) in [6, 6.07) is 0. The Balaban J connectivity index is 3.21. The minimum Gasteiger partial charge on any atom is -0.461 e. The molecule has 0 aromatic carbocycles. The van der Waals surface area contributed by atoms with E-state index >= 15 is 0 Å². The summed E-state index contributed by atoms with van der Waals surface area (Å²) in [5.41, 5.74) is 2.26. The van der Waals surface area contributed by atoms with Gasteiger partial charge in [0.2, 0.25) is 10.5 Å². The molecule has 1 rings (SSSR count). The number of nitrogen functional groups attached to an aromatic ring is 1. The van der Waals surface area contributed by atoms with Gasteiger partial charge in [0, 0.05) is 7.05 Å². The first-order valence-corrected chi connectivity index (χ1v) is 4.60. The minimum absolute atomic E-state index is 0.00968. The van der Waals surface area contributed by atoms with Gasteiger partial charge in [0.05, 0.1) is 6.61 Å². The smallest absolute Gasteiger partial charge is 0.362 e. The normalized spacial score (nSPS) is 9.80. The number of aryl methyl sites for hydroxylation is 1. The van der Waals surface area contributed by atoms with Crippen LogP contribution in [0.2, 0.25) is 0 Å². The number of carbonyl (C=O) groups is 1. The van der Waals surface area contributed by atoms with Crippen LogP contribution in [0.1, 0.15) is 17.4 Å². The number of carbonyl (C=O) groups excluding carboxylic acids is 1. The predicted molar refractivity (Wildman–Crippen MR) is 55.6 cm³/mol. The highest BCUT2D eigenvalue weighted by atomic mass is 32.1. The number of aromatic nitrogens is 3. The molecule has 0 saturated carbocycles. The molecule has 0 atom stereocenters. The summed E-state index contributed by atoms with van der Waals surface area (Å²) in [5, 5.41) is 3.90. The Morgan fingerprint density at radius 1 is 1.73 bits per heavy atom. The highest BCUT2D eigenvalue weighted by Crippen LogP contribution is 2.08. The van der Waals surface area contributed by atoms with Crippen LogP contribution in [0.5, 0.6) is 0 Å². The zero-order valence-electron chi connectivity index (χ0n) is 8.35. The topological polar surface area (TPSA) is 95.1 Å². The summed E-state index contributed by atoms with van der Waals surface area (Å²) < 4.78 is 6.29. The molecule has 0 saturated heterocycles. The lowest BCUT2D eigenvalue weighted by Crippen LogP contribution is -2.20. The number of hydrogen-bond donors (Lipinski definition) is 2. The molecule has 0 aliphatic heterocycles. The van der Waals surface area contributed by atoms with Crippen molar-refractivity contribution in [3.63, 3.8) is 0 Å². The van der Waals surface area contributed by atoms with E-state index in [1.54, 1.807) is 14.0 Å². The number of anilines is 1. The van der Waals surface area contributed by atoms with E-state index in [1.165, 1.54) is 4.68 Å². The molecule has 1 aromatic rings. The van der Waals surface area contributed by atoms with E-state index in [1.807, 2.05) is 0 Å². The fourth-order valence-electron chi connectivity index (χ4n) is 0.899. The lowest BCUT2D eigenvalue weighted by Gasteiger charge is -2.07. The van der Waals surface area contributed by atoms with Crippen molar-refractivity contribution in [2.75, 3.05) is 12.0 Å². The van der Waals surface area contributed by atoms with Crippen molar-refractivity contribution in [1.29, 1.82) is 0 Å². The second-order valence-corrected chi connectivity index (χ2v) is 2.95. The van der Waals surface area contributed by atoms with E-state index in [4.69, 9.17) is 22.8 Å². The molecule has 0 fully saturated rings. The Kier molecular flexibility index (Phi) is 3.69. The van der Waals surface area contributed by atoms with Crippen LogP contribution < -0.4 is 11.3 Å². The monoisotopic (exact) mass is 229 g/mol. The standard InChI is InChI=1S/C7H11N5O2S/c1-3-14-6(13)4-5(10-8)9-7(15)12(2)11-4/h3,8H2,1-2H3,(H,9,10,15). The first-order valence-electron chi connectivity index (χ1n) is 4.19. The van der Waals surface area contributed by atoms with Crippen molar-refractivity contribution < 1.29 is 9.53 Å². The van der Waals surface area contributed by atoms with Crippen LogP contribution in [0.15, 0.2) is 0 Å². The third-order valence-corrected chi connectivity index (χ3v) is 1.92. The third-order valence-electron chi connectivity index (χ3n) is 1.56. The van der Waals surface area contributed by atoms with Gasteiger partial charge in [0.25, 0.3) is 0 Å². The van der Waals surface area contributed by atoms with Gasteiger partial charge in [-0.2, -0.15) is 10.1 Å². The number of nitrogens with two attached hydrogens (primary N) is 1. The number of hydrogen-bond acceptors (Lipinski definition) is 7. The average Bonchev–Trinajstić information content (AvgIpc) is 2.21. The summed E-state index contributed by atoms with van der Waals surface area (Å²) in [6.45, 7) is 1.95. The summed E-state index contributed by atoms with van der Waals surface area (Å²) in [4.78, 5) is 15.3. The van der Waals surface area contributed by atoms with Crippen LogP contribution in [0.4, 0.5) is 5.82 Å². The second-order valence-electron chi connectivity index (χ2n) is 2.58. The van der Waals surface area contributed by atoms with Gasteiger partial charge in [-0.05, 0) is 19.1 Å². The Labute approximate surface area is 91.2 Å². The van der Waals surface area contributed by atoms with Crippen LogP contribution in [-0.4, -0.2) is 27.3 Å². The van der Waals surface area contributed by atoms with Gasteiger partial charge in [-0.15, -0.1) is 0 Å². The van der Waals surface area contributed by atoms with Crippen LogP contribution in [0.3, 0.4) is 0 Å². The number of rotatable bonds is 3. The quantitative estimate of drug-likeness (QED) is 0.326. The summed E-state index contributed by atoms with van der Waals surface area (Å²) in [5.74, 6) is 4.70. The van der Waals surface area contributed by atoms with E-state index in [0.717, 1.165) is 0 Å². The molecule has 0 bridgehead atoms. The van der Waals surface area contributed by atoms with E-state index in [-0.39, 0.29) is 22.9 Å². The Bertz CT molecular complexity index is 430. The number of ether oxygens (including phenoxy) is 1. The largest absolute Gasteiger partial charge is 0.461 e. The van der Waals surface area contributed by atoms with Crippen molar-refractivity contribution in [2.24, 2.45) is 12.9 Å². The highest BCUT2D eigenvalue weighted by molar-refractivity contribution is 7.71. The van der Waals surface area contributed by atoms with Crippen LogP contribution in [0.25, 0.3) is 0 Å². The zero-order chi connectivity index (χ0) is 11.4. The molecule has 0 aliphatic carbocycles. The molecule has 3 N–H and O–H groups in total. The number of esters is 1. The summed E-state index contributed by atoms with van der Waals surface area (Å²) >= 11 is 4.86. The van der Waals surface area contributed by atoms with Crippen molar-refractivity contribution in [1.82, 2.24) is 14.8 Å². The fraction of sp³-hybridized carbons (Fsp3) is 0.429. The zero-order valence-corrected chi connectivity index (χ0v) is 9.17. The van der Waals surface area contributed by atoms with Crippen LogP contribution in [-0.2, 0) is 11.8 Å². The lowest BCUT2D eigenvalue weighted by molar-refractivity contribution is 0.0517. The molecule has 1 heterocycles. The van der Waals surface area contributed by atoms with Crippen molar-refractivity contribution in [3.8, 4) is 0 Å².